The van der Waals surface area contributed by atoms with Crippen LogP contribution in [0, 0.1) is 19.3 Å². The molecule has 0 heterocycles. The second kappa shape index (κ2) is 5.24. The molecule has 16 heavy (non-hydrogen) atoms. The van der Waals surface area contributed by atoms with Crippen molar-refractivity contribution in [2.75, 3.05) is 0 Å². The molecule has 0 fully saturated rings. The molecular formula is C11H11ClF3N. The predicted octanol–water partition coefficient (Wildman–Crippen LogP) is 3.07. The van der Waals surface area contributed by atoms with Gasteiger partial charge in [0.05, 0.1) is 11.6 Å². The molecule has 0 aliphatic rings. The minimum atomic E-state index is -4.37. The van der Waals surface area contributed by atoms with Crippen LogP contribution in [0.15, 0.2) is 18.2 Å². The number of rotatable bonds is 1. The van der Waals surface area contributed by atoms with E-state index in [-0.39, 0.29) is 18.0 Å². The molecule has 0 radical (unpaired) electrons. The summed E-state index contributed by atoms with van der Waals surface area (Å²) in [7, 11) is 0. The average Bonchev–Trinajstić information content (AvgIpc) is 2.15. The number of benzene rings is 1. The molecule has 0 unspecified atom stereocenters. The van der Waals surface area contributed by atoms with E-state index in [1.54, 1.807) is 0 Å². The van der Waals surface area contributed by atoms with Crippen molar-refractivity contribution in [1.29, 1.82) is 0 Å². The fourth-order valence-corrected chi connectivity index (χ4v) is 1.39. The van der Waals surface area contributed by atoms with Crippen molar-refractivity contribution in [2.45, 2.75) is 19.1 Å². The van der Waals surface area contributed by atoms with E-state index in [4.69, 9.17) is 12.2 Å². The molecule has 0 aliphatic heterocycles. The van der Waals surface area contributed by atoms with Crippen LogP contribution in [0.4, 0.5) is 13.2 Å². The van der Waals surface area contributed by atoms with E-state index >= 15 is 0 Å². The van der Waals surface area contributed by atoms with Crippen LogP contribution in [0.25, 0.3) is 0 Å². The fraction of sp³-hybridized carbons (Fsp3) is 0.273. The van der Waals surface area contributed by atoms with Gasteiger partial charge in [-0.2, -0.15) is 13.2 Å². The van der Waals surface area contributed by atoms with Crippen LogP contribution in [0.2, 0.25) is 0 Å². The average molecular weight is 250 g/mol. The maximum atomic E-state index is 12.5. The van der Waals surface area contributed by atoms with Crippen molar-refractivity contribution in [2.24, 2.45) is 5.73 Å². The summed E-state index contributed by atoms with van der Waals surface area (Å²) in [4.78, 5) is 0. The molecule has 0 saturated heterocycles. The summed E-state index contributed by atoms with van der Waals surface area (Å²) in [5.74, 6) is 2.21. The smallest absolute Gasteiger partial charge is 0.314 e. The maximum Gasteiger partial charge on any atom is 0.416 e. The van der Waals surface area contributed by atoms with Gasteiger partial charge in [-0.1, -0.05) is 18.1 Å². The van der Waals surface area contributed by atoms with Crippen molar-refractivity contribution in [1.82, 2.24) is 0 Å². The molecule has 1 aromatic carbocycles. The summed E-state index contributed by atoms with van der Waals surface area (Å²) in [6.45, 7) is 1.37. The highest BCUT2D eigenvalue weighted by atomic mass is 35.5. The lowest BCUT2D eigenvalue weighted by Gasteiger charge is -2.15. The van der Waals surface area contributed by atoms with Gasteiger partial charge in [-0.25, -0.2) is 0 Å². The zero-order chi connectivity index (χ0) is 11.6. The molecule has 1 nitrogen and oxygen atoms in total. The highest BCUT2D eigenvalue weighted by Crippen LogP contribution is 2.33. The van der Waals surface area contributed by atoms with E-state index < -0.39 is 17.8 Å². The van der Waals surface area contributed by atoms with Gasteiger partial charge in [-0.05, 0) is 24.1 Å². The molecule has 2 N–H and O–H groups in total. The lowest BCUT2D eigenvalue weighted by atomic mass is 9.97. The van der Waals surface area contributed by atoms with E-state index in [0.29, 0.717) is 5.56 Å². The van der Waals surface area contributed by atoms with E-state index in [2.05, 4.69) is 5.92 Å². The van der Waals surface area contributed by atoms with Crippen molar-refractivity contribution < 1.29 is 13.2 Å². The second-order valence-corrected chi connectivity index (χ2v) is 3.16. The SMILES string of the molecule is C#C[C@@H](N)c1cccc(C(F)(F)F)c1C.Cl. The van der Waals surface area contributed by atoms with Crippen molar-refractivity contribution in [3.8, 4) is 12.3 Å². The first-order chi connectivity index (χ1) is 6.88. The van der Waals surface area contributed by atoms with Crippen molar-refractivity contribution in [3.05, 3.63) is 34.9 Å². The summed E-state index contributed by atoms with van der Waals surface area (Å²) >= 11 is 0. The first kappa shape index (κ1) is 14.8. The van der Waals surface area contributed by atoms with Gasteiger partial charge in [0, 0.05) is 0 Å². The third-order valence-corrected chi connectivity index (χ3v) is 2.20. The number of nitrogens with two attached hydrogens (primary N) is 1. The van der Waals surface area contributed by atoms with Gasteiger partial charge in [-0.15, -0.1) is 18.8 Å². The Kier molecular flexibility index (Phi) is 4.85. The van der Waals surface area contributed by atoms with Crippen LogP contribution in [-0.2, 0) is 6.18 Å². The summed E-state index contributed by atoms with van der Waals surface area (Å²) in [5.41, 5.74) is 5.25. The van der Waals surface area contributed by atoms with E-state index in [9.17, 15) is 13.2 Å². The van der Waals surface area contributed by atoms with Gasteiger partial charge >= 0.3 is 6.18 Å². The quantitative estimate of drug-likeness (QED) is 0.761. The fourth-order valence-electron chi connectivity index (χ4n) is 1.39. The molecule has 5 heteroatoms. The third kappa shape index (κ3) is 2.91. The molecule has 0 saturated carbocycles. The Morgan fingerprint density at radius 2 is 1.94 bits per heavy atom. The standard InChI is InChI=1S/C11H10F3N.ClH/c1-3-10(15)8-5-4-6-9(7(8)2)11(12,13)14;/h1,4-6,10H,15H2,2H3;1H/t10-;/m1./s1. The first-order valence-electron chi connectivity index (χ1n) is 4.26. The van der Waals surface area contributed by atoms with Crippen LogP contribution in [0.5, 0.6) is 0 Å². The Morgan fingerprint density at radius 3 is 2.38 bits per heavy atom. The third-order valence-electron chi connectivity index (χ3n) is 2.20. The van der Waals surface area contributed by atoms with Gasteiger partial charge in [0.15, 0.2) is 0 Å². The minimum absolute atomic E-state index is 0. The van der Waals surface area contributed by atoms with Crippen LogP contribution in [0.3, 0.4) is 0 Å². The van der Waals surface area contributed by atoms with E-state index in [1.165, 1.54) is 19.1 Å². The van der Waals surface area contributed by atoms with Crippen molar-refractivity contribution >= 4 is 12.4 Å². The highest BCUT2D eigenvalue weighted by molar-refractivity contribution is 5.85. The Morgan fingerprint density at radius 1 is 1.38 bits per heavy atom. The van der Waals surface area contributed by atoms with Crippen LogP contribution < -0.4 is 5.73 Å². The normalized spacial score (nSPS) is 12.5. The molecule has 0 spiro atoms. The Bertz CT molecular complexity index is 407. The van der Waals surface area contributed by atoms with Crippen LogP contribution in [0.1, 0.15) is 22.7 Å². The number of terminal acetylenes is 1. The lowest BCUT2D eigenvalue weighted by molar-refractivity contribution is -0.138. The van der Waals surface area contributed by atoms with Gasteiger partial charge in [0.25, 0.3) is 0 Å². The second-order valence-electron chi connectivity index (χ2n) is 3.16. The number of hydrogen-bond acceptors (Lipinski definition) is 1. The molecule has 1 aromatic rings. The van der Waals surface area contributed by atoms with Gasteiger partial charge in [-0.3, -0.25) is 0 Å². The molecule has 0 bridgehead atoms. The minimum Gasteiger partial charge on any atom is -0.314 e. The molecule has 0 aromatic heterocycles. The van der Waals surface area contributed by atoms with Crippen molar-refractivity contribution in [3.63, 3.8) is 0 Å². The molecule has 1 rings (SSSR count). The van der Waals surface area contributed by atoms with E-state index in [1.807, 2.05) is 0 Å². The predicted molar refractivity (Wildman–Crippen MR) is 59.2 cm³/mol. The zero-order valence-electron chi connectivity index (χ0n) is 8.51. The number of alkyl halides is 3. The Balaban J connectivity index is 0.00000225. The molecular weight excluding hydrogens is 239 g/mol. The van der Waals surface area contributed by atoms with Gasteiger partial charge in [0.1, 0.15) is 0 Å². The van der Waals surface area contributed by atoms with Crippen LogP contribution in [-0.4, -0.2) is 0 Å². The molecule has 0 aliphatic carbocycles. The summed E-state index contributed by atoms with van der Waals surface area (Å²) in [6, 6.07) is 3.03. The maximum absolute atomic E-state index is 12.5. The Labute approximate surface area is 98.2 Å². The summed E-state index contributed by atoms with van der Waals surface area (Å²) in [6.07, 6.45) is 0.709. The van der Waals surface area contributed by atoms with E-state index in [0.717, 1.165) is 6.07 Å². The lowest BCUT2D eigenvalue weighted by Crippen LogP contribution is -2.14. The van der Waals surface area contributed by atoms with Gasteiger partial charge < -0.3 is 5.73 Å². The number of halogens is 4. The zero-order valence-corrected chi connectivity index (χ0v) is 9.32. The summed E-state index contributed by atoms with van der Waals surface area (Å²) in [5, 5.41) is 0. The molecule has 88 valence electrons. The molecule has 0 amide bonds. The summed E-state index contributed by atoms with van der Waals surface area (Å²) < 4.78 is 37.5. The highest BCUT2D eigenvalue weighted by Gasteiger charge is 2.33. The Hall–Kier alpha value is -1.18. The largest absolute Gasteiger partial charge is 0.416 e. The van der Waals surface area contributed by atoms with Gasteiger partial charge in [0.2, 0.25) is 0 Å². The number of hydrogen-bond donors (Lipinski definition) is 1. The topological polar surface area (TPSA) is 26.0 Å². The monoisotopic (exact) mass is 249 g/mol. The first-order valence-corrected chi connectivity index (χ1v) is 4.26. The van der Waals surface area contributed by atoms with Crippen LogP contribution >= 0.6 is 12.4 Å². The molecule has 1 atom stereocenters.